The fourth-order valence-corrected chi connectivity index (χ4v) is 0.771. The molecule has 0 fully saturated rings. The minimum atomic E-state index is -2.54. The van der Waals surface area contributed by atoms with Crippen molar-refractivity contribution in [2.24, 2.45) is 5.73 Å². The molecule has 1 aromatic rings. The molecule has 0 atom stereocenters. The van der Waals surface area contributed by atoms with Crippen molar-refractivity contribution in [2.75, 3.05) is 6.61 Å². The minimum absolute atomic E-state index is 0.0643. The average Bonchev–Trinajstić information content (AvgIpc) is 2.28. The summed E-state index contributed by atoms with van der Waals surface area (Å²) in [5.41, 5.74) is 4.99. The van der Waals surface area contributed by atoms with Crippen molar-refractivity contribution in [1.82, 2.24) is 4.98 Å². The van der Waals surface area contributed by atoms with E-state index in [9.17, 15) is 13.6 Å². The molecule has 0 radical (unpaired) electrons. The molecule has 0 aliphatic carbocycles. The summed E-state index contributed by atoms with van der Waals surface area (Å²) in [5, 5.41) is 6.89. The molecule has 94 valence electrons. The second kappa shape index (κ2) is 7.97. The topological polar surface area (TPSA) is 103 Å². The number of carbonyl (C=O) groups excluding carboxylic acids is 1. The second-order valence-electron chi connectivity index (χ2n) is 2.55. The van der Waals surface area contributed by atoms with Crippen LogP contribution in [0.25, 0.3) is 0 Å². The zero-order valence-electron chi connectivity index (χ0n) is 8.55. The third kappa shape index (κ3) is 6.77. The summed E-state index contributed by atoms with van der Waals surface area (Å²) in [6.45, 7) is -0.947. The lowest BCUT2D eigenvalue weighted by molar-refractivity contribution is -0.122. The molecule has 0 saturated carbocycles. The lowest BCUT2D eigenvalue weighted by atomic mass is 10.3. The van der Waals surface area contributed by atoms with Crippen molar-refractivity contribution in [3.63, 3.8) is 0 Å². The third-order valence-electron chi connectivity index (χ3n) is 1.36. The van der Waals surface area contributed by atoms with E-state index >= 15 is 0 Å². The number of pyridine rings is 1. The molecule has 1 amide bonds. The van der Waals surface area contributed by atoms with Gasteiger partial charge in [-0.2, -0.15) is 0 Å². The molecular weight excluding hydrogens is 238 g/mol. The first-order valence-electron chi connectivity index (χ1n) is 4.26. The van der Waals surface area contributed by atoms with Crippen LogP contribution in [0.3, 0.4) is 0 Å². The number of primary amides is 1. The van der Waals surface area contributed by atoms with E-state index < -0.39 is 18.9 Å². The molecule has 0 aliphatic heterocycles. The molecule has 17 heavy (non-hydrogen) atoms. The lowest BCUT2D eigenvalue weighted by Crippen LogP contribution is -2.13. The fourth-order valence-electron chi connectivity index (χ4n) is 0.771. The number of carbonyl (C=O) groups is 2. The van der Waals surface area contributed by atoms with Crippen LogP contribution in [0.2, 0.25) is 0 Å². The largest absolute Gasteiger partial charge is 0.486 e. The monoisotopic (exact) mass is 248 g/mol. The zero-order valence-corrected chi connectivity index (χ0v) is 8.55. The number of halogens is 2. The van der Waals surface area contributed by atoms with E-state index in [0.29, 0.717) is 0 Å². The smallest absolute Gasteiger partial charge is 0.290 e. The Labute approximate surface area is 95.0 Å². The predicted octanol–water partition coefficient (Wildman–Crippen LogP) is 0.525. The minimum Gasteiger partial charge on any atom is -0.486 e. The molecule has 1 rings (SSSR count). The number of hydrogen-bond acceptors (Lipinski definition) is 4. The molecule has 0 spiro atoms. The summed E-state index contributed by atoms with van der Waals surface area (Å²) >= 11 is 0. The molecule has 8 heteroatoms. The van der Waals surface area contributed by atoms with E-state index in [1.807, 2.05) is 0 Å². The number of rotatable bonds is 4. The Kier molecular flexibility index (Phi) is 6.91. The molecule has 0 saturated heterocycles. The number of nitrogens with zero attached hydrogens (tertiary/aromatic N) is 1. The Morgan fingerprint density at radius 3 is 2.53 bits per heavy atom. The number of ether oxygens (including phenoxy) is 1. The van der Waals surface area contributed by atoms with Gasteiger partial charge in [0.2, 0.25) is 0 Å². The first-order valence-corrected chi connectivity index (χ1v) is 4.26. The van der Waals surface area contributed by atoms with Gasteiger partial charge in [-0.05, 0) is 12.1 Å². The van der Waals surface area contributed by atoms with Crippen LogP contribution in [0.5, 0.6) is 5.75 Å². The maximum Gasteiger partial charge on any atom is 0.290 e. The molecule has 0 bridgehead atoms. The molecule has 1 aromatic heterocycles. The number of aromatic nitrogens is 1. The molecular formula is C9H10F2N2O4. The van der Waals surface area contributed by atoms with E-state index in [0.717, 1.165) is 0 Å². The van der Waals surface area contributed by atoms with E-state index in [2.05, 4.69) is 9.72 Å². The highest BCUT2D eigenvalue weighted by Crippen LogP contribution is 2.09. The van der Waals surface area contributed by atoms with Gasteiger partial charge in [0.25, 0.3) is 18.8 Å². The maximum absolute atomic E-state index is 11.7. The van der Waals surface area contributed by atoms with Gasteiger partial charge in [0.05, 0.1) is 6.20 Å². The number of hydrogen-bond donors (Lipinski definition) is 2. The van der Waals surface area contributed by atoms with E-state index in [-0.39, 0.29) is 17.9 Å². The number of amides is 1. The quantitative estimate of drug-likeness (QED) is 0.756. The van der Waals surface area contributed by atoms with Gasteiger partial charge in [-0.3, -0.25) is 9.59 Å². The maximum atomic E-state index is 11.7. The molecule has 6 nitrogen and oxygen atoms in total. The van der Waals surface area contributed by atoms with Crippen molar-refractivity contribution in [2.45, 2.75) is 6.43 Å². The van der Waals surface area contributed by atoms with Gasteiger partial charge in [-0.1, -0.05) is 0 Å². The SMILES string of the molecule is NC(=O)c1ccc(OCC(F)F)cn1.O=CO. The van der Waals surface area contributed by atoms with Crippen molar-refractivity contribution in [1.29, 1.82) is 0 Å². The van der Waals surface area contributed by atoms with E-state index in [1.54, 1.807) is 0 Å². The standard InChI is InChI=1S/C8H8F2N2O2.CH2O2/c9-7(10)4-14-5-1-2-6(8(11)13)12-3-5;2-1-3/h1-3,7H,4H2,(H2,11,13);1H,(H,2,3). The Balaban J connectivity index is 0.000000770. The predicted molar refractivity (Wildman–Crippen MR) is 52.9 cm³/mol. The van der Waals surface area contributed by atoms with Gasteiger partial charge in [-0.15, -0.1) is 0 Å². The summed E-state index contributed by atoms with van der Waals surface area (Å²) < 4.78 is 28.1. The highest BCUT2D eigenvalue weighted by Gasteiger charge is 2.05. The molecule has 1 heterocycles. The van der Waals surface area contributed by atoms with Gasteiger partial charge < -0.3 is 15.6 Å². The average molecular weight is 248 g/mol. The first-order chi connectivity index (χ1) is 8.01. The lowest BCUT2D eigenvalue weighted by Gasteiger charge is -2.04. The van der Waals surface area contributed by atoms with Crippen molar-refractivity contribution >= 4 is 12.4 Å². The van der Waals surface area contributed by atoms with Crippen molar-refractivity contribution in [3.8, 4) is 5.75 Å². The van der Waals surface area contributed by atoms with Crippen LogP contribution in [-0.2, 0) is 4.79 Å². The molecule has 0 aromatic carbocycles. The highest BCUT2D eigenvalue weighted by molar-refractivity contribution is 5.90. The Morgan fingerprint density at radius 2 is 2.18 bits per heavy atom. The van der Waals surface area contributed by atoms with Crippen molar-refractivity contribution in [3.05, 3.63) is 24.0 Å². The van der Waals surface area contributed by atoms with E-state index in [4.69, 9.17) is 15.6 Å². The highest BCUT2D eigenvalue weighted by atomic mass is 19.3. The first kappa shape index (κ1) is 14.8. The number of nitrogens with two attached hydrogens (primary N) is 1. The summed E-state index contributed by atoms with van der Waals surface area (Å²) in [6.07, 6.45) is -1.37. The number of carboxylic acid groups (broad SMARTS) is 1. The molecule has 3 N–H and O–H groups in total. The summed E-state index contributed by atoms with van der Waals surface area (Å²) in [4.78, 5) is 22.6. The van der Waals surface area contributed by atoms with Crippen LogP contribution in [0.1, 0.15) is 10.5 Å². The Bertz CT molecular complexity index is 357. The summed E-state index contributed by atoms with van der Waals surface area (Å²) in [7, 11) is 0. The Morgan fingerprint density at radius 1 is 1.59 bits per heavy atom. The fraction of sp³-hybridized carbons (Fsp3) is 0.222. The summed E-state index contributed by atoms with van der Waals surface area (Å²) in [5.74, 6) is -0.499. The van der Waals surface area contributed by atoms with Crippen molar-refractivity contribution < 1.29 is 28.2 Å². The molecule has 0 unspecified atom stereocenters. The van der Waals surface area contributed by atoms with Crippen LogP contribution >= 0.6 is 0 Å². The number of alkyl halides is 2. The van der Waals surface area contributed by atoms with Crippen LogP contribution < -0.4 is 10.5 Å². The van der Waals surface area contributed by atoms with Gasteiger partial charge >= 0.3 is 0 Å². The third-order valence-corrected chi connectivity index (χ3v) is 1.36. The van der Waals surface area contributed by atoms with Gasteiger partial charge in [0, 0.05) is 0 Å². The van der Waals surface area contributed by atoms with Gasteiger partial charge in [0.15, 0.2) is 0 Å². The van der Waals surface area contributed by atoms with E-state index in [1.165, 1.54) is 18.3 Å². The van der Waals surface area contributed by atoms with Gasteiger partial charge in [0.1, 0.15) is 18.1 Å². The zero-order chi connectivity index (χ0) is 13.3. The van der Waals surface area contributed by atoms with Gasteiger partial charge in [-0.25, -0.2) is 13.8 Å². The Hall–Kier alpha value is -2.25. The second-order valence-corrected chi connectivity index (χ2v) is 2.55. The molecule has 0 aliphatic rings. The normalized spacial score (nSPS) is 9.12. The summed E-state index contributed by atoms with van der Waals surface area (Å²) in [6, 6.07) is 2.67. The van der Waals surface area contributed by atoms with Crippen LogP contribution in [0.4, 0.5) is 8.78 Å². The van der Waals surface area contributed by atoms with Crippen LogP contribution in [-0.4, -0.2) is 35.5 Å². The van der Waals surface area contributed by atoms with Crippen LogP contribution in [0, 0.1) is 0 Å². The van der Waals surface area contributed by atoms with Crippen LogP contribution in [0.15, 0.2) is 18.3 Å².